The van der Waals surface area contributed by atoms with E-state index >= 15 is 0 Å². The first-order chi connectivity index (χ1) is 12.5. The molecule has 0 aromatic heterocycles. The molecule has 3 rings (SSSR count). The van der Waals surface area contributed by atoms with Crippen LogP contribution in [0.3, 0.4) is 0 Å². The number of rotatable bonds is 4. The van der Waals surface area contributed by atoms with Crippen molar-refractivity contribution >= 4 is 23.4 Å². The fourth-order valence-electron chi connectivity index (χ4n) is 3.90. The van der Waals surface area contributed by atoms with Crippen LogP contribution in [-0.2, 0) is 14.4 Å². The van der Waals surface area contributed by atoms with Crippen LogP contribution in [0, 0.1) is 5.82 Å². The third-order valence-electron chi connectivity index (χ3n) is 5.15. The van der Waals surface area contributed by atoms with Gasteiger partial charge in [-0.05, 0) is 37.1 Å². The van der Waals surface area contributed by atoms with Gasteiger partial charge in [0.25, 0.3) is 0 Å². The molecule has 0 spiro atoms. The minimum absolute atomic E-state index is 0.0249. The van der Waals surface area contributed by atoms with E-state index in [9.17, 15) is 18.8 Å². The molecule has 1 aromatic carbocycles. The lowest BCUT2D eigenvalue weighted by Gasteiger charge is -2.48. The second-order valence-electron chi connectivity index (χ2n) is 6.90. The van der Waals surface area contributed by atoms with Gasteiger partial charge in [-0.25, -0.2) is 4.39 Å². The summed E-state index contributed by atoms with van der Waals surface area (Å²) in [6.45, 7) is 1.77. The number of carbonyl (C=O) groups is 3. The van der Waals surface area contributed by atoms with E-state index in [-0.39, 0.29) is 36.2 Å². The largest absolute Gasteiger partial charge is 0.349 e. The van der Waals surface area contributed by atoms with Crippen LogP contribution in [0.15, 0.2) is 24.3 Å². The lowest BCUT2D eigenvalue weighted by molar-refractivity contribution is -0.151. The molecule has 1 aliphatic carbocycles. The highest BCUT2D eigenvalue weighted by atomic mass is 19.1. The van der Waals surface area contributed by atoms with E-state index in [2.05, 4.69) is 10.6 Å². The Morgan fingerprint density at radius 3 is 2.62 bits per heavy atom. The van der Waals surface area contributed by atoms with Crippen LogP contribution in [0.5, 0.6) is 0 Å². The molecular formula is C19H24FN3O3. The third kappa shape index (κ3) is 3.86. The Bertz CT molecular complexity index is 692. The molecule has 2 N–H and O–H groups in total. The molecule has 0 radical (unpaired) electrons. The highest BCUT2D eigenvalue weighted by Gasteiger charge is 2.45. The Morgan fingerprint density at radius 2 is 1.92 bits per heavy atom. The molecule has 1 saturated carbocycles. The molecule has 1 aliphatic heterocycles. The number of carbonyl (C=O) groups excluding carboxylic acids is 3. The molecule has 7 heteroatoms. The van der Waals surface area contributed by atoms with E-state index in [1.54, 1.807) is 11.8 Å². The van der Waals surface area contributed by atoms with Crippen LogP contribution in [0.25, 0.3) is 0 Å². The first kappa shape index (κ1) is 18.4. The molecule has 140 valence electrons. The van der Waals surface area contributed by atoms with Crippen molar-refractivity contribution in [3.8, 4) is 0 Å². The molecule has 3 atom stereocenters. The van der Waals surface area contributed by atoms with E-state index in [1.165, 1.54) is 24.3 Å². The van der Waals surface area contributed by atoms with Gasteiger partial charge in [0.05, 0.1) is 12.5 Å². The summed E-state index contributed by atoms with van der Waals surface area (Å²) in [6, 6.07) is 4.55. The summed E-state index contributed by atoms with van der Waals surface area (Å²) >= 11 is 0. The Kier molecular flexibility index (Phi) is 5.54. The molecular weight excluding hydrogens is 337 g/mol. The minimum Gasteiger partial charge on any atom is -0.349 e. The SMILES string of the molecule is CCC(=O)N1[C@H](CC(=O)Nc2ccc(F)cc2)C(=O)N[C@@H]2CCCC[C@H]21. The van der Waals surface area contributed by atoms with Crippen molar-refractivity contribution in [2.45, 2.75) is 63.6 Å². The Hall–Kier alpha value is -2.44. The zero-order valence-electron chi connectivity index (χ0n) is 14.8. The van der Waals surface area contributed by atoms with Gasteiger partial charge in [0.1, 0.15) is 11.9 Å². The molecule has 2 fully saturated rings. The maximum atomic E-state index is 13.0. The zero-order chi connectivity index (χ0) is 18.7. The molecule has 1 saturated heterocycles. The summed E-state index contributed by atoms with van der Waals surface area (Å²) in [5.74, 6) is -1.14. The fraction of sp³-hybridized carbons (Fsp3) is 0.526. The van der Waals surface area contributed by atoms with E-state index in [0.717, 1.165) is 25.7 Å². The van der Waals surface area contributed by atoms with E-state index in [4.69, 9.17) is 0 Å². The number of nitrogens with zero attached hydrogens (tertiary/aromatic N) is 1. The molecule has 3 amide bonds. The van der Waals surface area contributed by atoms with Crippen molar-refractivity contribution in [1.82, 2.24) is 10.2 Å². The number of benzene rings is 1. The van der Waals surface area contributed by atoms with Gasteiger partial charge in [-0.15, -0.1) is 0 Å². The van der Waals surface area contributed by atoms with Crippen LogP contribution in [-0.4, -0.2) is 40.7 Å². The first-order valence-corrected chi connectivity index (χ1v) is 9.16. The first-order valence-electron chi connectivity index (χ1n) is 9.16. The summed E-state index contributed by atoms with van der Waals surface area (Å²) in [4.78, 5) is 39.1. The average Bonchev–Trinajstić information content (AvgIpc) is 2.63. The van der Waals surface area contributed by atoms with Crippen molar-refractivity contribution in [3.05, 3.63) is 30.1 Å². The lowest BCUT2D eigenvalue weighted by Crippen LogP contribution is -2.67. The lowest BCUT2D eigenvalue weighted by atomic mass is 9.85. The Morgan fingerprint density at radius 1 is 1.23 bits per heavy atom. The average molecular weight is 361 g/mol. The highest BCUT2D eigenvalue weighted by molar-refractivity contribution is 5.97. The maximum Gasteiger partial charge on any atom is 0.243 e. The predicted molar refractivity (Wildman–Crippen MR) is 94.8 cm³/mol. The van der Waals surface area contributed by atoms with Gasteiger partial charge >= 0.3 is 0 Å². The number of anilines is 1. The number of hydrogen-bond donors (Lipinski definition) is 2. The van der Waals surface area contributed by atoms with Crippen LogP contribution < -0.4 is 10.6 Å². The van der Waals surface area contributed by atoms with Gasteiger partial charge in [0, 0.05) is 18.2 Å². The molecule has 26 heavy (non-hydrogen) atoms. The molecule has 1 heterocycles. The molecule has 2 aliphatic rings. The topological polar surface area (TPSA) is 78.5 Å². The second-order valence-corrected chi connectivity index (χ2v) is 6.90. The summed E-state index contributed by atoms with van der Waals surface area (Å²) < 4.78 is 13.0. The van der Waals surface area contributed by atoms with Gasteiger partial charge < -0.3 is 15.5 Å². The second kappa shape index (κ2) is 7.85. The number of nitrogens with one attached hydrogen (secondary N) is 2. The third-order valence-corrected chi connectivity index (χ3v) is 5.15. The van der Waals surface area contributed by atoms with Crippen molar-refractivity contribution in [2.75, 3.05) is 5.32 Å². The van der Waals surface area contributed by atoms with Gasteiger partial charge in [0.15, 0.2) is 0 Å². The summed E-state index contributed by atoms with van der Waals surface area (Å²) in [5.41, 5.74) is 0.455. The van der Waals surface area contributed by atoms with E-state index < -0.39 is 11.9 Å². The van der Waals surface area contributed by atoms with Gasteiger partial charge in [0.2, 0.25) is 17.7 Å². The van der Waals surface area contributed by atoms with Gasteiger partial charge in [-0.1, -0.05) is 19.8 Å². The fourth-order valence-corrected chi connectivity index (χ4v) is 3.90. The van der Waals surface area contributed by atoms with E-state index in [0.29, 0.717) is 12.1 Å². The Balaban J connectivity index is 1.74. The number of halogens is 1. The maximum absolute atomic E-state index is 13.0. The molecule has 6 nitrogen and oxygen atoms in total. The van der Waals surface area contributed by atoms with Crippen molar-refractivity contribution < 1.29 is 18.8 Å². The number of hydrogen-bond acceptors (Lipinski definition) is 3. The minimum atomic E-state index is -0.803. The monoisotopic (exact) mass is 361 g/mol. The van der Waals surface area contributed by atoms with Crippen LogP contribution in [0.4, 0.5) is 10.1 Å². The zero-order valence-corrected chi connectivity index (χ0v) is 14.8. The standard InChI is InChI=1S/C19H24FN3O3/c1-2-18(25)23-15-6-4-3-5-14(15)22-19(26)16(23)11-17(24)21-13-9-7-12(20)8-10-13/h7-10,14-16H,2-6,11H2,1H3,(H,21,24)(H,22,26)/t14-,15-,16-/m1/s1. The summed E-state index contributed by atoms with van der Waals surface area (Å²) in [7, 11) is 0. The molecule has 0 bridgehead atoms. The number of piperazine rings is 1. The normalized spacial score (nSPS) is 25.2. The summed E-state index contributed by atoms with van der Waals surface area (Å²) in [5, 5.41) is 5.65. The van der Waals surface area contributed by atoms with Gasteiger partial charge in [-0.3, -0.25) is 14.4 Å². The summed E-state index contributed by atoms with van der Waals surface area (Å²) in [6.07, 6.45) is 3.93. The van der Waals surface area contributed by atoms with Crippen molar-refractivity contribution in [2.24, 2.45) is 0 Å². The molecule has 1 aromatic rings. The predicted octanol–water partition coefficient (Wildman–Crippen LogP) is 2.20. The van der Waals surface area contributed by atoms with Crippen molar-refractivity contribution in [1.29, 1.82) is 0 Å². The van der Waals surface area contributed by atoms with Crippen LogP contribution in [0.2, 0.25) is 0 Å². The van der Waals surface area contributed by atoms with Gasteiger partial charge in [-0.2, -0.15) is 0 Å². The Labute approximate surface area is 152 Å². The van der Waals surface area contributed by atoms with E-state index in [1.807, 2.05) is 0 Å². The van der Waals surface area contributed by atoms with Crippen LogP contribution >= 0.6 is 0 Å². The number of fused-ring (bicyclic) bond motifs is 1. The quantitative estimate of drug-likeness (QED) is 0.863. The smallest absolute Gasteiger partial charge is 0.243 e. The molecule has 0 unspecified atom stereocenters. The number of amides is 3. The van der Waals surface area contributed by atoms with Crippen LogP contribution in [0.1, 0.15) is 45.4 Å². The van der Waals surface area contributed by atoms with Crippen molar-refractivity contribution in [3.63, 3.8) is 0 Å². The highest BCUT2D eigenvalue weighted by Crippen LogP contribution is 2.30.